The Kier molecular flexibility index (Phi) is 5.40. The molecule has 8 nitrogen and oxygen atoms in total. The van der Waals surface area contributed by atoms with Crippen molar-refractivity contribution < 1.29 is 22.7 Å². The zero-order valence-corrected chi connectivity index (χ0v) is 17.6. The Bertz CT molecular complexity index is 1200. The lowest BCUT2D eigenvalue weighted by Crippen LogP contribution is -2.46. The van der Waals surface area contributed by atoms with E-state index in [2.05, 4.69) is 9.71 Å². The molecule has 30 heavy (non-hydrogen) atoms. The summed E-state index contributed by atoms with van der Waals surface area (Å²) in [5.41, 5.74) is 3.48. The van der Waals surface area contributed by atoms with Gasteiger partial charge in [-0.1, -0.05) is 18.2 Å². The Hall–Kier alpha value is -3.04. The minimum Gasteiger partial charge on any atom is -0.493 e. The van der Waals surface area contributed by atoms with Crippen LogP contribution in [-0.4, -0.2) is 44.4 Å². The molecule has 1 aliphatic heterocycles. The van der Waals surface area contributed by atoms with Crippen LogP contribution in [0.3, 0.4) is 0 Å². The fourth-order valence-corrected chi connectivity index (χ4v) is 4.89. The molecule has 158 valence electrons. The highest BCUT2D eigenvalue weighted by Gasteiger charge is 2.29. The Morgan fingerprint density at radius 1 is 1.13 bits per heavy atom. The molecule has 0 aliphatic carbocycles. The standard InChI is InChI=1S/C21H23N3O5S/c1-28-19-9-14-7-8-24(13-16(14)10-20(19)29-2)30(26,27)23-21(25)11-15-12-22-18-6-4-3-5-17(15)18/h3-6,9-10,12,22H,7-8,11,13H2,1-2H3,(H,23,25). The van der Waals surface area contributed by atoms with E-state index < -0.39 is 16.1 Å². The van der Waals surface area contributed by atoms with E-state index in [4.69, 9.17) is 9.47 Å². The number of para-hydroxylation sites is 1. The minimum absolute atomic E-state index is 0.0291. The molecule has 2 N–H and O–H groups in total. The molecule has 0 saturated heterocycles. The molecule has 0 spiro atoms. The number of ether oxygens (including phenoxy) is 2. The molecule has 1 amide bonds. The second kappa shape index (κ2) is 8.00. The number of carbonyl (C=O) groups is 1. The van der Waals surface area contributed by atoms with E-state index in [-0.39, 0.29) is 19.5 Å². The van der Waals surface area contributed by atoms with Gasteiger partial charge in [-0.2, -0.15) is 12.7 Å². The second-order valence-electron chi connectivity index (χ2n) is 7.13. The molecule has 0 saturated carbocycles. The third-order valence-electron chi connectivity index (χ3n) is 5.29. The highest BCUT2D eigenvalue weighted by Crippen LogP contribution is 2.33. The summed E-state index contributed by atoms with van der Waals surface area (Å²) in [6.45, 7) is 0.434. The maximum atomic E-state index is 12.8. The van der Waals surface area contributed by atoms with E-state index in [0.29, 0.717) is 17.9 Å². The topological polar surface area (TPSA) is 101 Å². The van der Waals surface area contributed by atoms with Crippen LogP contribution in [0.1, 0.15) is 16.7 Å². The molecule has 0 unspecified atom stereocenters. The summed E-state index contributed by atoms with van der Waals surface area (Å²) in [6, 6.07) is 11.2. The largest absolute Gasteiger partial charge is 0.493 e. The molecule has 0 fully saturated rings. The maximum absolute atomic E-state index is 12.8. The highest BCUT2D eigenvalue weighted by atomic mass is 32.2. The van der Waals surface area contributed by atoms with Crippen molar-refractivity contribution >= 4 is 27.0 Å². The van der Waals surface area contributed by atoms with Crippen molar-refractivity contribution in [3.63, 3.8) is 0 Å². The van der Waals surface area contributed by atoms with Crippen LogP contribution in [0.25, 0.3) is 10.9 Å². The third-order valence-corrected chi connectivity index (χ3v) is 6.77. The Labute approximate surface area is 175 Å². The van der Waals surface area contributed by atoms with Gasteiger partial charge in [0, 0.05) is 30.2 Å². The average molecular weight is 429 g/mol. The number of aromatic nitrogens is 1. The normalized spacial score (nSPS) is 14.3. The van der Waals surface area contributed by atoms with Gasteiger partial charge < -0.3 is 14.5 Å². The molecular formula is C21H23N3O5S. The lowest BCUT2D eigenvalue weighted by molar-refractivity contribution is -0.118. The molecule has 1 aromatic heterocycles. The fraction of sp³-hybridized carbons (Fsp3) is 0.286. The van der Waals surface area contributed by atoms with Gasteiger partial charge in [0.1, 0.15) is 0 Å². The molecule has 0 atom stereocenters. The number of benzene rings is 2. The first kappa shape index (κ1) is 20.2. The van der Waals surface area contributed by atoms with E-state index in [1.54, 1.807) is 19.4 Å². The van der Waals surface area contributed by atoms with Crippen molar-refractivity contribution in [2.75, 3.05) is 20.8 Å². The number of hydrogen-bond donors (Lipinski definition) is 2. The number of aromatic amines is 1. The van der Waals surface area contributed by atoms with Crippen molar-refractivity contribution in [2.24, 2.45) is 0 Å². The van der Waals surface area contributed by atoms with Crippen molar-refractivity contribution in [3.05, 3.63) is 59.3 Å². The van der Waals surface area contributed by atoms with Crippen molar-refractivity contribution in [2.45, 2.75) is 19.4 Å². The van der Waals surface area contributed by atoms with E-state index in [0.717, 1.165) is 27.6 Å². The summed E-state index contributed by atoms with van der Waals surface area (Å²) >= 11 is 0. The van der Waals surface area contributed by atoms with Crippen LogP contribution in [0, 0.1) is 0 Å². The van der Waals surface area contributed by atoms with Crippen LogP contribution >= 0.6 is 0 Å². The summed E-state index contributed by atoms with van der Waals surface area (Å²) in [7, 11) is -0.869. The van der Waals surface area contributed by atoms with Crippen LogP contribution < -0.4 is 14.2 Å². The zero-order valence-electron chi connectivity index (χ0n) is 16.8. The lowest BCUT2D eigenvalue weighted by atomic mass is 10.0. The van der Waals surface area contributed by atoms with Gasteiger partial charge in [0.2, 0.25) is 5.91 Å². The number of H-pyrrole nitrogens is 1. The lowest BCUT2D eigenvalue weighted by Gasteiger charge is -2.28. The Morgan fingerprint density at radius 2 is 1.83 bits per heavy atom. The second-order valence-corrected chi connectivity index (χ2v) is 8.80. The average Bonchev–Trinajstić information content (AvgIpc) is 3.14. The van der Waals surface area contributed by atoms with Gasteiger partial charge in [0.25, 0.3) is 0 Å². The summed E-state index contributed by atoms with van der Waals surface area (Å²) < 4.78 is 39.7. The fourth-order valence-electron chi connectivity index (χ4n) is 3.76. The highest BCUT2D eigenvalue weighted by molar-refractivity contribution is 7.87. The molecule has 3 aromatic rings. The molecule has 2 heterocycles. The van der Waals surface area contributed by atoms with Gasteiger partial charge in [-0.15, -0.1) is 0 Å². The minimum atomic E-state index is -3.97. The van der Waals surface area contributed by atoms with E-state index in [9.17, 15) is 13.2 Å². The summed E-state index contributed by atoms with van der Waals surface area (Å²) in [6.07, 6.45) is 2.22. The van der Waals surface area contributed by atoms with Crippen LogP contribution in [0.4, 0.5) is 0 Å². The van der Waals surface area contributed by atoms with Crippen LogP contribution in [0.2, 0.25) is 0 Å². The number of fused-ring (bicyclic) bond motifs is 2. The molecule has 2 aromatic carbocycles. The predicted octanol–water partition coefficient (Wildman–Crippen LogP) is 2.15. The van der Waals surface area contributed by atoms with Crippen LogP contribution in [-0.2, 0) is 34.4 Å². The number of nitrogens with one attached hydrogen (secondary N) is 2. The predicted molar refractivity (Wildman–Crippen MR) is 113 cm³/mol. The molecule has 0 bridgehead atoms. The summed E-state index contributed by atoms with van der Waals surface area (Å²) in [5.74, 6) is 0.580. The van der Waals surface area contributed by atoms with E-state index in [1.807, 2.05) is 30.3 Å². The van der Waals surface area contributed by atoms with E-state index >= 15 is 0 Å². The number of rotatable bonds is 6. The first-order valence-corrected chi connectivity index (χ1v) is 10.9. The van der Waals surface area contributed by atoms with Gasteiger partial charge in [0.15, 0.2) is 11.5 Å². The van der Waals surface area contributed by atoms with Crippen molar-refractivity contribution in [1.29, 1.82) is 0 Å². The van der Waals surface area contributed by atoms with Gasteiger partial charge in [0.05, 0.1) is 20.6 Å². The monoisotopic (exact) mass is 429 g/mol. The Morgan fingerprint density at radius 3 is 2.57 bits per heavy atom. The van der Waals surface area contributed by atoms with Gasteiger partial charge >= 0.3 is 10.2 Å². The SMILES string of the molecule is COc1cc2c(cc1OC)CN(S(=O)(=O)NC(=O)Cc1c[nH]c3ccccc13)CC2. The number of amides is 1. The molecule has 0 radical (unpaired) electrons. The van der Waals surface area contributed by atoms with Crippen molar-refractivity contribution in [1.82, 2.24) is 14.0 Å². The summed E-state index contributed by atoms with van der Waals surface area (Å²) in [5, 5.41) is 0.901. The maximum Gasteiger partial charge on any atom is 0.304 e. The first-order chi connectivity index (χ1) is 14.4. The first-order valence-electron chi connectivity index (χ1n) is 9.50. The molecule has 9 heteroatoms. The number of nitrogens with zero attached hydrogens (tertiary/aromatic N) is 1. The molecule has 1 aliphatic rings. The number of hydrogen-bond acceptors (Lipinski definition) is 5. The van der Waals surface area contributed by atoms with Gasteiger partial charge in [-0.05, 0) is 41.3 Å². The van der Waals surface area contributed by atoms with Crippen LogP contribution in [0.15, 0.2) is 42.6 Å². The Balaban J connectivity index is 1.48. The quantitative estimate of drug-likeness (QED) is 0.625. The summed E-state index contributed by atoms with van der Waals surface area (Å²) in [4.78, 5) is 15.6. The molecule has 4 rings (SSSR count). The third kappa shape index (κ3) is 3.86. The van der Waals surface area contributed by atoms with Gasteiger partial charge in [-0.25, -0.2) is 4.72 Å². The van der Waals surface area contributed by atoms with E-state index in [1.165, 1.54) is 11.4 Å². The number of methoxy groups -OCH3 is 2. The zero-order chi connectivity index (χ0) is 21.3. The van der Waals surface area contributed by atoms with Crippen molar-refractivity contribution in [3.8, 4) is 11.5 Å². The van der Waals surface area contributed by atoms with Gasteiger partial charge in [-0.3, -0.25) is 4.79 Å². The number of carbonyl (C=O) groups excluding carboxylic acids is 1. The van der Waals surface area contributed by atoms with Crippen LogP contribution in [0.5, 0.6) is 11.5 Å². The molecular weight excluding hydrogens is 406 g/mol. The smallest absolute Gasteiger partial charge is 0.304 e.